The van der Waals surface area contributed by atoms with E-state index in [4.69, 9.17) is 0 Å². The zero-order chi connectivity index (χ0) is 29.3. The lowest BCUT2D eigenvalue weighted by molar-refractivity contribution is 0.0943. The lowest BCUT2D eigenvalue weighted by Crippen LogP contribution is -2.21. The predicted molar refractivity (Wildman–Crippen MR) is 170 cm³/mol. The smallest absolute Gasteiger partial charge is 0.267 e. The summed E-state index contributed by atoms with van der Waals surface area (Å²) in [6.45, 7) is 3.68. The van der Waals surface area contributed by atoms with E-state index in [0.29, 0.717) is 22.6 Å². The molecule has 0 aliphatic rings. The van der Waals surface area contributed by atoms with Crippen molar-refractivity contribution in [3.63, 3.8) is 0 Å². The number of hydrogen-bond donors (Lipinski definition) is 2. The van der Waals surface area contributed by atoms with Gasteiger partial charge in [0.25, 0.3) is 11.8 Å². The Balaban J connectivity index is 1.15. The molecule has 0 fully saturated rings. The molecule has 0 unspecified atom stereocenters. The monoisotopic (exact) mass is 550 g/mol. The molecule has 0 aromatic heterocycles. The molecule has 6 heteroatoms. The van der Waals surface area contributed by atoms with Crippen molar-refractivity contribution in [1.82, 2.24) is 10.9 Å². The Hall–Kier alpha value is -5.62. The fourth-order valence-corrected chi connectivity index (χ4v) is 4.37. The van der Waals surface area contributed by atoms with Gasteiger partial charge >= 0.3 is 0 Å². The topological polar surface area (TPSA) is 82.9 Å². The summed E-state index contributed by atoms with van der Waals surface area (Å²) in [5.41, 5.74) is 13.6. The number of rotatable bonds is 8. The Labute approximate surface area is 245 Å². The number of hydrogen-bond acceptors (Lipinski definition) is 4. The van der Waals surface area contributed by atoms with Gasteiger partial charge in [-0.1, -0.05) is 109 Å². The van der Waals surface area contributed by atoms with Crippen molar-refractivity contribution in [2.75, 3.05) is 0 Å². The van der Waals surface area contributed by atoms with Gasteiger partial charge in [-0.3, -0.25) is 9.59 Å². The van der Waals surface area contributed by atoms with Crippen molar-refractivity contribution < 1.29 is 9.59 Å². The first-order valence-corrected chi connectivity index (χ1v) is 13.6. The van der Waals surface area contributed by atoms with Crippen LogP contribution >= 0.6 is 0 Å². The number of carbonyl (C=O) groups excluding carboxylic acids is 2. The highest BCUT2D eigenvalue weighted by Gasteiger charge is 2.10. The molecule has 6 nitrogen and oxygen atoms in total. The standard InChI is InChI=1S/C36H30N4O2/c1-25(27-13-17-31(18-14-27)29-9-5-3-6-10-29)37-39-35(41)33-21-23-34(24-22-33)36(42)40-38-26(2)28-15-19-32(20-16-28)30-11-7-4-8-12-30/h3-24H,1-2H3,(H,39,41)(H,40,42)/b37-25+,38-26+. The van der Waals surface area contributed by atoms with E-state index in [1.54, 1.807) is 24.3 Å². The summed E-state index contributed by atoms with van der Waals surface area (Å²) in [7, 11) is 0. The summed E-state index contributed by atoms with van der Waals surface area (Å²) in [4.78, 5) is 25.3. The molecule has 206 valence electrons. The van der Waals surface area contributed by atoms with Gasteiger partial charge in [-0.05, 0) is 71.5 Å². The van der Waals surface area contributed by atoms with Crippen LogP contribution in [0.3, 0.4) is 0 Å². The van der Waals surface area contributed by atoms with Crippen LogP contribution in [0.4, 0.5) is 0 Å². The van der Waals surface area contributed by atoms with E-state index >= 15 is 0 Å². The molecular formula is C36H30N4O2. The number of carbonyl (C=O) groups is 2. The third-order valence-corrected chi connectivity index (χ3v) is 6.88. The van der Waals surface area contributed by atoms with Gasteiger partial charge in [0.05, 0.1) is 11.4 Å². The number of amides is 2. The highest BCUT2D eigenvalue weighted by molar-refractivity contribution is 6.03. The van der Waals surface area contributed by atoms with E-state index < -0.39 is 0 Å². The quantitative estimate of drug-likeness (QED) is 0.157. The molecule has 0 heterocycles. The normalized spacial score (nSPS) is 11.6. The van der Waals surface area contributed by atoms with Crippen LogP contribution in [0.5, 0.6) is 0 Å². The molecular weight excluding hydrogens is 520 g/mol. The average molecular weight is 551 g/mol. The molecule has 0 aliphatic carbocycles. The number of nitrogens with zero attached hydrogens (tertiary/aromatic N) is 2. The molecule has 0 saturated heterocycles. The molecule has 0 bridgehead atoms. The number of nitrogens with one attached hydrogen (secondary N) is 2. The van der Waals surface area contributed by atoms with Gasteiger partial charge in [-0.2, -0.15) is 10.2 Å². The largest absolute Gasteiger partial charge is 0.271 e. The van der Waals surface area contributed by atoms with Crippen molar-refractivity contribution >= 4 is 23.2 Å². The Kier molecular flexibility index (Phi) is 8.75. The van der Waals surface area contributed by atoms with Crippen LogP contribution in [0.15, 0.2) is 144 Å². The third kappa shape index (κ3) is 6.92. The van der Waals surface area contributed by atoms with E-state index in [2.05, 4.69) is 45.3 Å². The summed E-state index contributed by atoms with van der Waals surface area (Å²) >= 11 is 0. The van der Waals surface area contributed by atoms with Crippen LogP contribution in [-0.2, 0) is 0 Å². The molecule has 5 rings (SSSR count). The minimum absolute atomic E-state index is 0.366. The van der Waals surface area contributed by atoms with Crippen molar-refractivity contribution in [1.29, 1.82) is 0 Å². The maximum atomic E-state index is 12.6. The Morgan fingerprint density at radius 3 is 1.02 bits per heavy atom. The van der Waals surface area contributed by atoms with E-state index in [9.17, 15) is 9.59 Å². The molecule has 0 radical (unpaired) electrons. The predicted octanol–water partition coefficient (Wildman–Crippen LogP) is 7.33. The zero-order valence-corrected chi connectivity index (χ0v) is 23.4. The van der Waals surface area contributed by atoms with Gasteiger partial charge in [-0.25, -0.2) is 10.9 Å². The maximum Gasteiger partial charge on any atom is 0.271 e. The summed E-state index contributed by atoms with van der Waals surface area (Å²) in [5, 5.41) is 8.50. The van der Waals surface area contributed by atoms with Gasteiger partial charge < -0.3 is 0 Å². The van der Waals surface area contributed by atoms with Crippen molar-refractivity contribution in [3.8, 4) is 22.3 Å². The van der Waals surface area contributed by atoms with Crippen LogP contribution in [0, 0.1) is 0 Å². The summed E-state index contributed by atoms with van der Waals surface area (Å²) in [6, 6.07) is 42.6. The van der Waals surface area contributed by atoms with Crippen molar-refractivity contribution in [3.05, 3.63) is 156 Å². The van der Waals surface area contributed by atoms with Crippen LogP contribution in [0.1, 0.15) is 45.7 Å². The summed E-state index contributed by atoms with van der Waals surface area (Å²) in [5.74, 6) is -0.731. The van der Waals surface area contributed by atoms with Crippen molar-refractivity contribution in [2.45, 2.75) is 13.8 Å². The molecule has 2 N–H and O–H groups in total. The lowest BCUT2D eigenvalue weighted by atomic mass is 10.0. The first-order chi connectivity index (χ1) is 20.5. The van der Waals surface area contributed by atoms with E-state index in [1.165, 1.54) is 0 Å². The Bertz CT molecular complexity index is 1590. The lowest BCUT2D eigenvalue weighted by Gasteiger charge is -2.07. The van der Waals surface area contributed by atoms with Gasteiger partial charge in [0, 0.05) is 11.1 Å². The third-order valence-electron chi connectivity index (χ3n) is 6.88. The summed E-state index contributed by atoms with van der Waals surface area (Å²) in [6.07, 6.45) is 0. The molecule has 0 atom stereocenters. The fraction of sp³-hybridized carbons (Fsp3) is 0.0556. The van der Waals surface area contributed by atoms with Crippen molar-refractivity contribution in [2.24, 2.45) is 10.2 Å². The zero-order valence-electron chi connectivity index (χ0n) is 23.4. The molecule has 42 heavy (non-hydrogen) atoms. The molecule has 0 saturated carbocycles. The second-order valence-electron chi connectivity index (χ2n) is 9.74. The van der Waals surface area contributed by atoms with Gasteiger partial charge in [0.15, 0.2) is 0 Å². The van der Waals surface area contributed by atoms with Crippen LogP contribution < -0.4 is 10.9 Å². The maximum absolute atomic E-state index is 12.6. The molecule has 0 aliphatic heterocycles. The van der Waals surface area contributed by atoms with E-state index in [0.717, 1.165) is 33.4 Å². The Morgan fingerprint density at radius 2 is 0.690 bits per heavy atom. The minimum Gasteiger partial charge on any atom is -0.267 e. The second kappa shape index (κ2) is 13.2. The van der Waals surface area contributed by atoms with Gasteiger partial charge in [0.2, 0.25) is 0 Å². The van der Waals surface area contributed by atoms with Crippen LogP contribution in [0.2, 0.25) is 0 Å². The summed E-state index contributed by atoms with van der Waals surface area (Å²) < 4.78 is 0. The fourth-order valence-electron chi connectivity index (χ4n) is 4.37. The van der Waals surface area contributed by atoms with E-state index in [1.807, 2.05) is 98.8 Å². The first kappa shape index (κ1) is 27.9. The van der Waals surface area contributed by atoms with Crippen LogP contribution in [0.25, 0.3) is 22.3 Å². The second-order valence-corrected chi connectivity index (χ2v) is 9.74. The molecule has 2 amide bonds. The minimum atomic E-state index is -0.366. The molecule has 5 aromatic rings. The first-order valence-electron chi connectivity index (χ1n) is 13.6. The average Bonchev–Trinajstić information content (AvgIpc) is 3.06. The number of hydrazone groups is 2. The highest BCUT2D eigenvalue weighted by atomic mass is 16.2. The molecule has 0 spiro atoms. The van der Waals surface area contributed by atoms with Crippen LogP contribution in [-0.4, -0.2) is 23.2 Å². The van der Waals surface area contributed by atoms with Gasteiger partial charge in [0.1, 0.15) is 0 Å². The van der Waals surface area contributed by atoms with Gasteiger partial charge in [-0.15, -0.1) is 0 Å². The highest BCUT2D eigenvalue weighted by Crippen LogP contribution is 2.20. The Morgan fingerprint density at radius 1 is 0.405 bits per heavy atom. The van der Waals surface area contributed by atoms with E-state index in [-0.39, 0.29) is 11.8 Å². The number of benzene rings is 5. The SMILES string of the molecule is C/C(=N\NC(=O)c1ccc(C(=O)N/N=C(\C)c2ccc(-c3ccccc3)cc2)cc1)c1ccc(-c2ccccc2)cc1. The molecule has 5 aromatic carbocycles.